The van der Waals surface area contributed by atoms with Crippen LogP contribution in [0, 0.1) is 13.8 Å². The normalized spacial score (nSPS) is 13.7. The number of carbonyl (C=O) groups is 2. The Hall–Kier alpha value is -3.39. The van der Waals surface area contributed by atoms with Gasteiger partial charge in [-0.2, -0.15) is 0 Å². The minimum atomic E-state index is -0.106. The molecule has 33 heavy (non-hydrogen) atoms. The maximum atomic E-state index is 13.0. The fraction of sp³-hybridized carbons (Fsp3) is 0.320. The predicted octanol–water partition coefficient (Wildman–Crippen LogP) is 4.04. The second-order valence-electron chi connectivity index (χ2n) is 8.04. The number of aryl methyl sites for hydroxylation is 2. The van der Waals surface area contributed by atoms with Crippen molar-refractivity contribution < 1.29 is 19.1 Å². The largest absolute Gasteiger partial charge is 0.497 e. The number of benzene rings is 2. The molecule has 0 aliphatic carbocycles. The standard InChI is InChI=1S/C25H27N3O4S/c1-16-5-6-21(17(2)11-16)23-26-22(15-33-23)25(30)28-9-7-27(8-10-28)24(29)18-12-19(31-3)14-20(13-18)32-4/h5-6,11-15H,7-10H2,1-4H3. The fourth-order valence-electron chi connectivity index (χ4n) is 3.94. The number of hydrogen-bond acceptors (Lipinski definition) is 6. The molecule has 2 aromatic carbocycles. The number of nitrogens with zero attached hydrogens (tertiary/aromatic N) is 3. The third-order valence-corrected chi connectivity index (χ3v) is 6.66. The summed E-state index contributed by atoms with van der Waals surface area (Å²) in [7, 11) is 3.11. The van der Waals surface area contributed by atoms with E-state index in [1.807, 2.05) is 5.38 Å². The molecular weight excluding hydrogens is 438 g/mol. The zero-order valence-electron chi connectivity index (χ0n) is 19.3. The predicted molar refractivity (Wildman–Crippen MR) is 128 cm³/mol. The zero-order valence-corrected chi connectivity index (χ0v) is 20.1. The van der Waals surface area contributed by atoms with Crippen molar-refractivity contribution in [3.8, 4) is 22.1 Å². The van der Waals surface area contributed by atoms with Crippen LogP contribution in [0.4, 0.5) is 0 Å². The molecule has 2 heterocycles. The van der Waals surface area contributed by atoms with Crippen molar-refractivity contribution in [2.24, 2.45) is 0 Å². The molecule has 1 aromatic heterocycles. The minimum absolute atomic E-state index is 0.0996. The summed E-state index contributed by atoms with van der Waals surface area (Å²) >= 11 is 1.48. The first-order valence-electron chi connectivity index (χ1n) is 10.7. The van der Waals surface area contributed by atoms with Gasteiger partial charge in [0.1, 0.15) is 22.2 Å². The highest BCUT2D eigenvalue weighted by atomic mass is 32.1. The molecule has 0 saturated carbocycles. The van der Waals surface area contributed by atoms with Gasteiger partial charge in [-0.3, -0.25) is 9.59 Å². The lowest BCUT2D eigenvalue weighted by molar-refractivity contribution is 0.0532. The van der Waals surface area contributed by atoms with Crippen molar-refractivity contribution in [2.45, 2.75) is 13.8 Å². The van der Waals surface area contributed by atoms with Crippen molar-refractivity contribution in [3.05, 3.63) is 64.2 Å². The summed E-state index contributed by atoms with van der Waals surface area (Å²) in [6, 6.07) is 11.4. The molecule has 0 N–H and O–H groups in total. The third kappa shape index (κ3) is 4.85. The zero-order chi connectivity index (χ0) is 23.5. The number of ether oxygens (including phenoxy) is 2. The summed E-state index contributed by atoms with van der Waals surface area (Å²) in [5.74, 6) is 0.923. The molecule has 172 valence electrons. The highest BCUT2D eigenvalue weighted by molar-refractivity contribution is 7.13. The van der Waals surface area contributed by atoms with Crippen molar-refractivity contribution >= 4 is 23.2 Å². The lowest BCUT2D eigenvalue weighted by Crippen LogP contribution is -2.50. The van der Waals surface area contributed by atoms with Gasteiger partial charge in [0.05, 0.1) is 14.2 Å². The molecule has 0 unspecified atom stereocenters. The Morgan fingerprint density at radius 1 is 0.879 bits per heavy atom. The first-order valence-corrected chi connectivity index (χ1v) is 11.6. The molecule has 0 atom stereocenters. The average molecular weight is 466 g/mol. The number of methoxy groups -OCH3 is 2. The molecule has 0 bridgehead atoms. The van der Waals surface area contributed by atoms with Gasteiger partial charge in [-0.15, -0.1) is 11.3 Å². The Morgan fingerprint density at radius 3 is 2.06 bits per heavy atom. The molecular formula is C25H27N3O4S. The van der Waals surface area contributed by atoms with Crippen molar-refractivity contribution in [2.75, 3.05) is 40.4 Å². The lowest BCUT2D eigenvalue weighted by Gasteiger charge is -2.34. The Labute approximate surface area is 197 Å². The summed E-state index contributed by atoms with van der Waals surface area (Å²) in [6.45, 7) is 5.95. The Bertz CT molecular complexity index is 1160. The molecule has 1 saturated heterocycles. The molecule has 0 radical (unpaired) electrons. The number of aromatic nitrogens is 1. The van der Waals surface area contributed by atoms with E-state index in [4.69, 9.17) is 9.47 Å². The quantitative estimate of drug-likeness (QED) is 0.569. The number of rotatable bonds is 5. The maximum absolute atomic E-state index is 13.0. The van der Waals surface area contributed by atoms with E-state index in [-0.39, 0.29) is 11.8 Å². The van der Waals surface area contributed by atoms with E-state index in [1.54, 1.807) is 42.2 Å². The van der Waals surface area contributed by atoms with Gasteiger partial charge in [-0.1, -0.05) is 23.8 Å². The SMILES string of the molecule is COc1cc(OC)cc(C(=O)N2CCN(C(=O)c3csc(-c4ccc(C)cc4C)n3)CC2)c1. The molecule has 4 rings (SSSR count). The molecule has 1 aliphatic rings. The van der Waals surface area contributed by atoms with Gasteiger partial charge in [-0.05, 0) is 31.5 Å². The monoisotopic (exact) mass is 465 g/mol. The molecule has 1 fully saturated rings. The van der Waals surface area contributed by atoms with Gasteiger partial charge in [0, 0.05) is 48.8 Å². The second-order valence-corrected chi connectivity index (χ2v) is 8.90. The minimum Gasteiger partial charge on any atom is -0.497 e. The van der Waals surface area contributed by atoms with Gasteiger partial charge in [0.2, 0.25) is 0 Å². The number of piperazine rings is 1. The summed E-state index contributed by atoms with van der Waals surface area (Å²) in [6.07, 6.45) is 0. The maximum Gasteiger partial charge on any atom is 0.273 e. The highest BCUT2D eigenvalue weighted by Gasteiger charge is 2.27. The van der Waals surface area contributed by atoms with Gasteiger partial charge < -0.3 is 19.3 Å². The van der Waals surface area contributed by atoms with Crippen LogP contribution in [0.15, 0.2) is 41.8 Å². The first-order chi connectivity index (χ1) is 15.9. The summed E-state index contributed by atoms with van der Waals surface area (Å²) in [4.78, 5) is 34.1. The summed E-state index contributed by atoms with van der Waals surface area (Å²) in [5.41, 5.74) is 4.35. The Morgan fingerprint density at radius 2 is 1.48 bits per heavy atom. The van der Waals surface area contributed by atoms with E-state index in [0.717, 1.165) is 16.1 Å². The van der Waals surface area contributed by atoms with Crippen LogP contribution >= 0.6 is 11.3 Å². The van der Waals surface area contributed by atoms with Crippen LogP contribution in [0.5, 0.6) is 11.5 Å². The van der Waals surface area contributed by atoms with Crippen LogP contribution in [0.2, 0.25) is 0 Å². The van der Waals surface area contributed by atoms with Gasteiger partial charge >= 0.3 is 0 Å². The number of thiazole rings is 1. The molecule has 3 aromatic rings. The molecule has 0 spiro atoms. The number of amides is 2. The fourth-order valence-corrected chi connectivity index (χ4v) is 4.82. The molecule has 7 nitrogen and oxygen atoms in total. The van der Waals surface area contributed by atoms with Crippen LogP contribution in [-0.4, -0.2) is 67.0 Å². The van der Waals surface area contributed by atoms with Crippen molar-refractivity contribution in [1.29, 1.82) is 0 Å². The Kier molecular flexibility index (Phi) is 6.65. The summed E-state index contributed by atoms with van der Waals surface area (Å²) < 4.78 is 10.5. The van der Waals surface area contributed by atoms with E-state index in [1.165, 1.54) is 16.9 Å². The first kappa shape index (κ1) is 22.8. The van der Waals surface area contributed by atoms with Crippen molar-refractivity contribution in [1.82, 2.24) is 14.8 Å². The van der Waals surface area contributed by atoms with E-state index in [2.05, 4.69) is 37.0 Å². The van der Waals surface area contributed by atoms with Crippen LogP contribution < -0.4 is 9.47 Å². The van der Waals surface area contributed by atoms with Crippen LogP contribution in [0.25, 0.3) is 10.6 Å². The van der Waals surface area contributed by atoms with E-state index >= 15 is 0 Å². The smallest absolute Gasteiger partial charge is 0.273 e. The van der Waals surface area contributed by atoms with Crippen LogP contribution in [0.3, 0.4) is 0 Å². The lowest BCUT2D eigenvalue weighted by atomic mass is 10.1. The second kappa shape index (κ2) is 9.62. The Balaban J connectivity index is 1.41. The number of carbonyl (C=O) groups excluding carboxylic acids is 2. The van der Waals surface area contributed by atoms with Gasteiger partial charge in [0.25, 0.3) is 11.8 Å². The van der Waals surface area contributed by atoms with Crippen LogP contribution in [0.1, 0.15) is 32.0 Å². The van der Waals surface area contributed by atoms with E-state index < -0.39 is 0 Å². The van der Waals surface area contributed by atoms with Gasteiger partial charge in [-0.25, -0.2) is 4.98 Å². The number of hydrogen-bond donors (Lipinski definition) is 0. The van der Waals surface area contributed by atoms with E-state index in [9.17, 15) is 9.59 Å². The summed E-state index contributed by atoms with van der Waals surface area (Å²) in [5, 5.41) is 2.66. The molecule has 8 heteroatoms. The van der Waals surface area contributed by atoms with Gasteiger partial charge in [0.15, 0.2) is 0 Å². The molecule has 1 aliphatic heterocycles. The molecule has 2 amide bonds. The van der Waals surface area contributed by atoms with E-state index in [0.29, 0.717) is 48.9 Å². The highest BCUT2D eigenvalue weighted by Crippen LogP contribution is 2.28. The van der Waals surface area contributed by atoms with Crippen molar-refractivity contribution in [3.63, 3.8) is 0 Å². The average Bonchev–Trinajstić information content (AvgIpc) is 3.32. The topological polar surface area (TPSA) is 72.0 Å². The third-order valence-electron chi connectivity index (χ3n) is 5.79. The van der Waals surface area contributed by atoms with Crippen LogP contribution in [-0.2, 0) is 0 Å².